The summed E-state index contributed by atoms with van der Waals surface area (Å²) >= 11 is 0. The second-order valence-corrected chi connectivity index (χ2v) is 6.95. The summed E-state index contributed by atoms with van der Waals surface area (Å²) in [6.45, 7) is 12.5. The predicted molar refractivity (Wildman–Crippen MR) is 88.9 cm³/mol. The van der Waals surface area contributed by atoms with Crippen LogP contribution in [0.5, 0.6) is 5.75 Å². The molecule has 1 aromatic carbocycles. The van der Waals surface area contributed by atoms with Crippen molar-refractivity contribution in [3.63, 3.8) is 0 Å². The molecule has 1 N–H and O–H groups in total. The summed E-state index contributed by atoms with van der Waals surface area (Å²) < 4.78 is 11.4. The highest BCUT2D eigenvalue weighted by Gasteiger charge is 2.17. The highest BCUT2D eigenvalue weighted by molar-refractivity contribution is 5.30. The first-order chi connectivity index (χ1) is 9.81. The highest BCUT2D eigenvalue weighted by Crippen LogP contribution is 2.23. The van der Waals surface area contributed by atoms with Crippen LogP contribution in [0.3, 0.4) is 0 Å². The molecule has 0 fully saturated rings. The van der Waals surface area contributed by atoms with E-state index >= 15 is 0 Å². The molecule has 0 bridgehead atoms. The number of hydrogen-bond acceptors (Lipinski definition) is 3. The fourth-order valence-corrected chi connectivity index (χ4v) is 1.96. The Morgan fingerprint density at radius 2 is 1.90 bits per heavy atom. The molecule has 0 radical (unpaired) electrons. The summed E-state index contributed by atoms with van der Waals surface area (Å²) in [5.74, 6) is 1.53. The topological polar surface area (TPSA) is 30.5 Å². The van der Waals surface area contributed by atoms with Gasteiger partial charge in [-0.2, -0.15) is 0 Å². The Hall–Kier alpha value is -1.06. The SMILES string of the molecule is COc1cccc(C(CNC(C)(C)C)OCCC(C)C)c1. The van der Waals surface area contributed by atoms with Crippen LogP contribution in [0, 0.1) is 5.92 Å². The van der Waals surface area contributed by atoms with E-state index in [1.165, 1.54) is 0 Å². The molecule has 0 saturated carbocycles. The predicted octanol–water partition coefficient (Wildman–Crippen LogP) is 4.19. The van der Waals surface area contributed by atoms with Crippen molar-refractivity contribution in [2.24, 2.45) is 5.92 Å². The third-order valence-electron chi connectivity index (χ3n) is 3.30. The Bertz CT molecular complexity index is 410. The Balaban J connectivity index is 2.73. The zero-order valence-corrected chi connectivity index (χ0v) is 14.4. The van der Waals surface area contributed by atoms with Crippen molar-refractivity contribution in [2.75, 3.05) is 20.3 Å². The van der Waals surface area contributed by atoms with Gasteiger partial charge in [0.05, 0.1) is 13.2 Å². The van der Waals surface area contributed by atoms with E-state index < -0.39 is 0 Å². The summed E-state index contributed by atoms with van der Waals surface area (Å²) in [5, 5.41) is 3.53. The third-order valence-corrected chi connectivity index (χ3v) is 3.30. The quantitative estimate of drug-likeness (QED) is 0.779. The van der Waals surface area contributed by atoms with E-state index in [0.29, 0.717) is 5.92 Å². The summed E-state index contributed by atoms with van der Waals surface area (Å²) in [5.41, 5.74) is 1.24. The molecule has 3 heteroatoms. The average Bonchev–Trinajstić information content (AvgIpc) is 2.41. The number of hydrogen-bond donors (Lipinski definition) is 1. The molecule has 1 atom stereocenters. The molecule has 0 spiro atoms. The fourth-order valence-electron chi connectivity index (χ4n) is 1.96. The van der Waals surface area contributed by atoms with Crippen LogP contribution < -0.4 is 10.1 Å². The Morgan fingerprint density at radius 1 is 1.19 bits per heavy atom. The average molecular weight is 293 g/mol. The van der Waals surface area contributed by atoms with E-state index in [9.17, 15) is 0 Å². The van der Waals surface area contributed by atoms with Crippen molar-refractivity contribution in [3.05, 3.63) is 29.8 Å². The Morgan fingerprint density at radius 3 is 2.48 bits per heavy atom. The van der Waals surface area contributed by atoms with Gasteiger partial charge in [0, 0.05) is 18.7 Å². The largest absolute Gasteiger partial charge is 0.497 e. The lowest BCUT2D eigenvalue weighted by atomic mass is 10.1. The minimum Gasteiger partial charge on any atom is -0.497 e. The van der Waals surface area contributed by atoms with E-state index in [1.807, 2.05) is 12.1 Å². The zero-order chi connectivity index (χ0) is 15.9. The van der Waals surface area contributed by atoms with E-state index in [1.54, 1.807) is 7.11 Å². The van der Waals surface area contributed by atoms with Crippen molar-refractivity contribution in [2.45, 2.75) is 52.7 Å². The van der Waals surface area contributed by atoms with Crippen LogP contribution in [0.4, 0.5) is 0 Å². The molecule has 1 rings (SSSR count). The van der Waals surface area contributed by atoms with Crippen LogP contribution in [0.2, 0.25) is 0 Å². The van der Waals surface area contributed by atoms with Gasteiger partial charge in [0.15, 0.2) is 0 Å². The van der Waals surface area contributed by atoms with Gasteiger partial charge < -0.3 is 14.8 Å². The van der Waals surface area contributed by atoms with Crippen molar-refractivity contribution >= 4 is 0 Å². The molecule has 0 aliphatic rings. The summed E-state index contributed by atoms with van der Waals surface area (Å²) in [7, 11) is 1.70. The maximum absolute atomic E-state index is 6.12. The second-order valence-electron chi connectivity index (χ2n) is 6.95. The molecular formula is C18H31NO2. The van der Waals surface area contributed by atoms with E-state index in [4.69, 9.17) is 9.47 Å². The number of ether oxygens (including phenoxy) is 2. The molecule has 3 nitrogen and oxygen atoms in total. The van der Waals surface area contributed by atoms with Crippen LogP contribution >= 0.6 is 0 Å². The second kappa shape index (κ2) is 8.40. The molecule has 21 heavy (non-hydrogen) atoms. The van der Waals surface area contributed by atoms with Crippen LogP contribution in [0.1, 0.15) is 52.7 Å². The van der Waals surface area contributed by atoms with Gasteiger partial charge in [0.25, 0.3) is 0 Å². The maximum Gasteiger partial charge on any atom is 0.119 e. The molecule has 0 aliphatic heterocycles. The molecule has 120 valence electrons. The van der Waals surface area contributed by atoms with Crippen LogP contribution in [0.15, 0.2) is 24.3 Å². The van der Waals surface area contributed by atoms with Crippen molar-refractivity contribution in [3.8, 4) is 5.75 Å². The van der Waals surface area contributed by atoms with Gasteiger partial charge in [-0.25, -0.2) is 0 Å². The first-order valence-corrected chi connectivity index (χ1v) is 7.82. The normalized spacial score (nSPS) is 13.5. The van der Waals surface area contributed by atoms with E-state index in [2.05, 4.69) is 52.1 Å². The Labute approximate surface area is 130 Å². The number of nitrogens with one attached hydrogen (secondary N) is 1. The number of rotatable bonds is 8. The van der Waals surface area contributed by atoms with Crippen LogP contribution in [-0.2, 0) is 4.74 Å². The standard InChI is InChI=1S/C18H31NO2/c1-14(2)10-11-21-17(13-19-18(3,4)5)15-8-7-9-16(12-15)20-6/h7-9,12,14,17,19H,10-11,13H2,1-6H3. The van der Waals surface area contributed by atoms with E-state index in [-0.39, 0.29) is 11.6 Å². The van der Waals surface area contributed by atoms with Crippen molar-refractivity contribution < 1.29 is 9.47 Å². The fraction of sp³-hybridized carbons (Fsp3) is 0.667. The van der Waals surface area contributed by atoms with Gasteiger partial charge in [-0.3, -0.25) is 0 Å². The zero-order valence-electron chi connectivity index (χ0n) is 14.4. The van der Waals surface area contributed by atoms with Gasteiger partial charge in [0.1, 0.15) is 5.75 Å². The summed E-state index contributed by atoms with van der Waals surface area (Å²) in [6, 6.07) is 8.15. The molecule has 1 aromatic rings. The highest BCUT2D eigenvalue weighted by atomic mass is 16.5. The summed E-state index contributed by atoms with van der Waals surface area (Å²) in [4.78, 5) is 0. The lowest BCUT2D eigenvalue weighted by molar-refractivity contribution is 0.0416. The molecule has 0 heterocycles. The lowest BCUT2D eigenvalue weighted by Crippen LogP contribution is -2.39. The molecule has 1 unspecified atom stereocenters. The van der Waals surface area contributed by atoms with Gasteiger partial charge in [-0.05, 0) is 50.8 Å². The van der Waals surface area contributed by atoms with Crippen LogP contribution in [0.25, 0.3) is 0 Å². The van der Waals surface area contributed by atoms with Gasteiger partial charge >= 0.3 is 0 Å². The van der Waals surface area contributed by atoms with Gasteiger partial charge in [-0.1, -0.05) is 26.0 Å². The number of methoxy groups -OCH3 is 1. The maximum atomic E-state index is 6.12. The van der Waals surface area contributed by atoms with Crippen molar-refractivity contribution in [1.29, 1.82) is 0 Å². The lowest BCUT2D eigenvalue weighted by Gasteiger charge is -2.26. The molecular weight excluding hydrogens is 262 g/mol. The van der Waals surface area contributed by atoms with E-state index in [0.717, 1.165) is 30.9 Å². The van der Waals surface area contributed by atoms with Gasteiger partial charge in [0.2, 0.25) is 0 Å². The monoisotopic (exact) mass is 293 g/mol. The smallest absolute Gasteiger partial charge is 0.119 e. The number of benzene rings is 1. The van der Waals surface area contributed by atoms with Gasteiger partial charge in [-0.15, -0.1) is 0 Å². The summed E-state index contributed by atoms with van der Waals surface area (Å²) in [6.07, 6.45) is 1.13. The van der Waals surface area contributed by atoms with Crippen LogP contribution in [-0.4, -0.2) is 25.8 Å². The van der Waals surface area contributed by atoms with Crippen molar-refractivity contribution in [1.82, 2.24) is 5.32 Å². The molecule has 0 saturated heterocycles. The third kappa shape index (κ3) is 7.49. The minimum atomic E-state index is 0.0538. The molecule has 0 aliphatic carbocycles. The first kappa shape index (κ1) is 18.0. The Kier molecular flexibility index (Phi) is 7.20. The molecule has 0 amide bonds. The molecule has 0 aromatic heterocycles. The first-order valence-electron chi connectivity index (χ1n) is 7.82. The minimum absolute atomic E-state index is 0.0538.